The van der Waals surface area contributed by atoms with E-state index in [9.17, 15) is 0 Å². The average Bonchev–Trinajstić information content (AvgIpc) is 4.02. The highest BCUT2D eigenvalue weighted by Gasteiger charge is 2.23. The van der Waals surface area contributed by atoms with Gasteiger partial charge in [-0.05, 0) is 77.2 Å². The number of para-hydroxylation sites is 2. The lowest BCUT2D eigenvalue weighted by Crippen LogP contribution is -2.06. The van der Waals surface area contributed by atoms with Gasteiger partial charge in [0, 0.05) is 55.0 Å². The van der Waals surface area contributed by atoms with Crippen molar-refractivity contribution in [2.75, 3.05) is 0 Å². The maximum Gasteiger partial charge on any atom is 0.238 e. The zero-order chi connectivity index (χ0) is 49.8. The molecular formula is C67H44N8. The molecule has 8 nitrogen and oxygen atoms in total. The Hall–Kier alpha value is -10.2. The summed E-state index contributed by atoms with van der Waals surface area (Å²) in [6, 6.07) is 86.4. The molecule has 0 aliphatic carbocycles. The first-order valence-corrected chi connectivity index (χ1v) is 25.1. The van der Waals surface area contributed by atoms with Crippen molar-refractivity contribution in [1.82, 2.24) is 39.0 Å². The number of hydrogen-bond acceptors (Lipinski definition) is 6. The van der Waals surface area contributed by atoms with E-state index in [-0.39, 0.29) is 0 Å². The molecule has 4 aromatic heterocycles. The molecule has 0 radical (unpaired) electrons. The number of benzene rings is 10. The van der Waals surface area contributed by atoms with Crippen molar-refractivity contribution in [2.24, 2.45) is 0 Å². The lowest BCUT2D eigenvalue weighted by Gasteiger charge is -2.14. The molecule has 0 saturated carbocycles. The minimum Gasteiger partial charge on any atom is -0.309 e. The predicted octanol–water partition coefficient (Wildman–Crippen LogP) is 16.2. The van der Waals surface area contributed by atoms with Crippen molar-refractivity contribution in [3.8, 4) is 90.8 Å². The van der Waals surface area contributed by atoms with Gasteiger partial charge >= 0.3 is 0 Å². The van der Waals surface area contributed by atoms with Gasteiger partial charge in [-0.25, -0.2) is 19.9 Å². The first-order valence-electron chi connectivity index (χ1n) is 25.1. The van der Waals surface area contributed by atoms with Crippen LogP contribution >= 0.6 is 0 Å². The third-order valence-corrected chi connectivity index (χ3v) is 14.2. The van der Waals surface area contributed by atoms with Crippen LogP contribution in [0.25, 0.3) is 134 Å². The molecule has 4 heterocycles. The fraction of sp³-hybridized carbons (Fsp3) is 0.0149. The molecule has 0 atom stereocenters. The molecule has 0 bridgehead atoms. The molecule has 14 aromatic rings. The monoisotopic (exact) mass is 960 g/mol. The van der Waals surface area contributed by atoms with E-state index in [1.807, 2.05) is 121 Å². The second-order valence-corrected chi connectivity index (χ2v) is 18.7. The maximum atomic E-state index is 5.20. The molecule has 0 saturated heterocycles. The smallest absolute Gasteiger partial charge is 0.238 e. The summed E-state index contributed by atoms with van der Waals surface area (Å²) in [7, 11) is 0. The Labute approximate surface area is 432 Å². The average molecular weight is 961 g/mol. The summed E-state index contributed by atoms with van der Waals surface area (Å²) in [4.78, 5) is 30.5. The predicted molar refractivity (Wildman–Crippen MR) is 305 cm³/mol. The highest BCUT2D eigenvalue weighted by molar-refractivity contribution is 6.18. The number of fused-ring (bicyclic) bond motifs is 6. The number of aryl methyl sites for hydroxylation is 1. The number of aromatic nitrogens is 8. The SMILES string of the molecule is Cc1ccc2c(c1-c1cccc(-c3cccc4c3c3ccccc3n4-c3nc(-c4ccccc4)nc(-c4ccccc4)n3)c1)c1ccccc1n2-c1cccc(-c2nc(-c3ccccc3)nc(-c3ccccc3)n2)c1. The summed E-state index contributed by atoms with van der Waals surface area (Å²) in [5.41, 5.74) is 15.6. The number of nitrogens with zero attached hydrogens (tertiary/aromatic N) is 8. The van der Waals surface area contributed by atoms with E-state index in [4.69, 9.17) is 29.9 Å². The fourth-order valence-electron chi connectivity index (χ4n) is 10.8. The molecule has 0 aliphatic rings. The van der Waals surface area contributed by atoms with Gasteiger partial charge in [-0.15, -0.1) is 0 Å². The maximum absolute atomic E-state index is 5.20. The molecule has 352 valence electrons. The minimum absolute atomic E-state index is 0.561. The van der Waals surface area contributed by atoms with Crippen molar-refractivity contribution < 1.29 is 0 Å². The molecule has 8 heteroatoms. The first-order chi connectivity index (χ1) is 37.1. The molecule has 75 heavy (non-hydrogen) atoms. The van der Waals surface area contributed by atoms with Crippen molar-refractivity contribution in [3.05, 3.63) is 254 Å². The van der Waals surface area contributed by atoms with Gasteiger partial charge in [-0.2, -0.15) is 9.97 Å². The molecule has 0 aliphatic heterocycles. The Balaban J connectivity index is 0.917. The van der Waals surface area contributed by atoms with Crippen LogP contribution in [0.15, 0.2) is 249 Å². The van der Waals surface area contributed by atoms with Crippen molar-refractivity contribution in [3.63, 3.8) is 0 Å². The molecule has 10 aromatic carbocycles. The molecule has 0 amide bonds. The van der Waals surface area contributed by atoms with Crippen molar-refractivity contribution in [1.29, 1.82) is 0 Å². The zero-order valence-electron chi connectivity index (χ0n) is 40.7. The minimum atomic E-state index is 0.561. The second kappa shape index (κ2) is 18.1. The molecule has 0 N–H and O–H groups in total. The van der Waals surface area contributed by atoms with Crippen LogP contribution in [0.1, 0.15) is 5.56 Å². The Morgan fingerprint density at radius 2 is 0.693 bits per heavy atom. The van der Waals surface area contributed by atoms with Crippen molar-refractivity contribution >= 4 is 43.6 Å². The summed E-state index contributed by atoms with van der Waals surface area (Å²) >= 11 is 0. The summed E-state index contributed by atoms with van der Waals surface area (Å²) in [6.07, 6.45) is 0. The van der Waals surface area contributed by atoms with Crippen LogP contribution in [0.4, 0.5) is 0 Å². The van der Waals surface area contributed by atoms with Crippen LogP contribution in [0.5, 0.6) is 0 Å². The topological polar surface area (TPSA) is 87.2 Å². The quantitative estimate of drug-likeness (QED) is 0.143. The van der Waals surface area contributed by atoms with Gasteiger partial charge < -0.3 is 4.57 Å². The van der Waals surface area contributed by atoms with E-state index in [0.29, 0.717) is 35.1 Å². The third kappa shape index (κ3) is 7.63. The third-order valence-electron chi connectivity index (χ3n) is 14.2. The van der Waals surface area contributed by atoms with Crippen LogP contribution in [-0.2, 0) is 0 Å². The van der Waals surface area contributed by atoms with Gasteiger partial charge in [0.05, 0.1) is 22.1 Å². The number of hydrogen-bond donors (Lipinski definition) is 0. The van der Waals surface area contributed by atoms with Crippen LogP contribution in [0.3, 0.4) is 0 Å². The Bertz CT molecular complexity index is 4360. The van der Waals surface area contributed by atoms with Gasteiger partial charge in [-0.3, -0.25) is 4.57 Å². The van der Waals surface area contributed by atoms with Crippen LogP contribution in [0, 0.1) is 6.92 Å². The summed E-state index contributed by atoms with van der Waals surface area (Å²) in [5, 5.41) is 4.61. The Morgan fingerprint density at radius 1 is 0.280 bits per heavy atom. The molecular weight excluding hydrogens is 917 g/mol. The largest absolute Gasteiger partial charge is 0.309 e. The lowest BCUT2D eigenvalue weighted by atomic mass is 9.91. The molecule has 0 fully saturated rings. The standard InChI is InChI=1S/C67H44N8/c1-43-39-40-58-61(54-34-15-16-36-55(54)74(58)51-32-19-31-50(42-51)66-69-62(44-21-6-2-7-22-44)68-63(70-66)45-23-8-3-9-24-45)59(43)49-30-18-29-48(41-49)52-35-20-38-57-60(52)53-33-14-17-37-56(53)75(57)67-72-64(46-25-10-4-11-26-46)71-65(73-67)47-27-12-5-13-28-47/h2-42H,1H3. The Kier molecular flexibility index (Phi) is 10.5. The van der Waals surface area contributed by atoms with Crippen LogP contribution in [0.2, 0.25) is 0 Å². The van der Waals surface area contributed by atoms with E-state index in [2.05, 4.69) is 143 Å². The van der Waals surface area contributed by atoms with Crippen LogP contribution < -0.4 is 0 Å². The molecule has 0 unspecified atom stereocenters. The lowest BCUT2D eigenvalue weighted by molar-refractivity contribution is 0.953. The van der Waals surface area contributed by atoms with Gasteiger partial charge in [0.15, 0.2) is 29.1 Å². The fourth-order valence-corrected chi connectivity index (χ4v) is 10.8. The number of rotatable bonds is 9. The summed E-state index contributed by atoms with van der Waals surface area (Å²) < 4.78 is 4.57. The van der Waals surface area contributed by atoms with Gasteiger partial charge in [-0.1, -0.05) is 206 Å². The molecule has 0 spiro atoms. The summed E-state index contributed by atoms with van der Waals surface area (Å²) in [6.45, 7) is 2.22. The van der Waals surface area contributed by atoms with Crippen LogP contribution in [-0.4, -0.2) is 39.0 Å². The van der Waals surface area contributed by atoms with Gasteiger partial charge in [0.2, 0.25) is 5.95 Å². The van der Waals surface area contributed by atoms with Gasteiger partial charge in [0.25, 0.3) is 0 Å². The van der Waals surface area contributed by atoms with E-state index >= 15 is 0 Å². The van der Waals surface area contributed by atoms with E-state index < -0.39 is 0 Å². The first kappa shape index (κ1) is 43.6. The molecule has 14 rings (SSSR count). The highest BCUT2D eigenvalue weighted by atomic mass is 15.2. The zero-order valence-corrected chi connectivity index (χ0v) is 40.7. The second-order valence-electron chi connectivity index (χ2n) is 18.7. The van der Waals surface area contributed by atoms with E-state index in [1.54, 1.807) is 0 Å². The normalized spacial score (nSPS) is 11.5. The Morgan fingerprint density at radius 3 is 1.28 bits per heavy atom. The summed E-state index contributed by atoms with van der Waals surface area (Å²) in [5.74, 6) is 3.66. The van der Waals surface area contributed by atoms with Gasteiger partial charge in [0.1, 0.15) is 0 Å². The van der Waals surface area contributed by atoms with E-state index in [0.717, 1.165) is 83.0 Å². The highest BCUT2D eigenvalue weighted by Crippen LogP contribution is 2.44. The van der Waals surface area contributed by atoms with Crippen molar-refractivity contribution in [2.45, 2.75) is 6.92 Å². The van der Waals surface area contributed by atoms with E-state index in [1.165, 1.54) is 21.9 Å².